The Kier molecular flexibility index (Phi) is 1.64. The number of nitro groups is 1. The second-order valence-electron chi connectivity index (χ2n) is 5.35. The van der Waals surface area contributed by atoms with Crippen LogP contribution >= 0.6 is 0 Å². The Morgan fingerprint density at radius 1 is 1.00 bits per heavy atom. The Balaban J connectivity index is 2.13. The summed E-state index contributed by atoms with van der Waals surface area (Å²) in [6, 6.07) is 13.3. The van der Waals surface area contributed by atoms with Crippen LogP contribution in [0.3, 0.4) is 0 Å². The third kappa shape index (κ3) is 1.07. The van der Waals surface area contributed by atoms with Crippen molar-refractivity contribution in [1.82, 2.24) is 0 Å². The summed E-state index contributed by atoms with van der Waals surface area (Å²) in [5.41, 5.74) is 2.41. The maximum Gasteiger partial charge on any atom is 0.277 e. The molecule has 0 saturated carbocycles. The molecule has 4 heteroatoms. The molecular weight excluding hydrogens is 254 g/mol. The number of hydrogen-bond donors (Lipinski definition) is 0. The van der Waals surface area contributed by atoms with Gasteiger partial charge in [0.2, 0.25) is 0 Å². The lowest BCUT2D eigenvalue weighted by Crippen LogP contribution is -1.99. The minimum Gasteiger partial charge on any atom is -0.359 e. The van der Waals surface area contributed by atoms with Crippen LogP contribution < -0.4 is 0 Å². The lowest BCUT2D eigenvalue weighted by atomic mass is 9.86. The van der Waals surface area contributed by atoms with Crippen LogP contribution in [0.2, 0.25) is 0 Å². The van der Waals surface area contributed by atoms with Gasteiger partial charge in [-0.3, -0.25) is 10.1 Å². The average molecular weight is 263 g/mol. The number of ether oxygens (including phenoxy) is 1. The highest BCUT2D eigenvalue weighted by molar-refractivity contribution is 6.15. The summed E-state index contributed by atoms with van der Waals surface area (Å²) in [6.07, 6.45) is 0.192. The highest BCUT2D eigenvalue weighted by Crippen LogP contribution is 2.59. The van der Waals surface area contributed by atoms with Crippen LogP contribution in [0.15, 0.2) is 42.5 Å². The van der Waals surface area contributed by atoms with E-state index < -0.39 is 0 Å². The zero-order valence-corrected chi connectivity index (χ0v) is 10.4. The molecule has 0 bridgehead atoms. The van der Waals surface area contributed by atoms with Crippen LogP contribution in [0.1, 0.15) is 23.3 Å². The molecule has 5 rings (SSSR count). The number of benzene rings is 3. The molecule has 1 aliphatic carbocycles. The highest BCUT2D eigenvalue weighted by Gasteiger charge is 2.46. The minimum absolute atomic E-state index is 0.0683. The van der Waals surface area contributed by atoms with Crippen LogP contribution in [0, 0.1) is 10.1 Å². The predicted molar refractivity (Wildman–Crippen MR) is 74.7 cm³/mol. The fourth-order valence-corrected chi connectivity index (χ4v) is 3.50. The molecule has 1 saturated heterocycles. The summed E-state index contributed by atoms with van der Waals surface area (Å²) < 4.78 is 5.77. The molecule has 1 heterocycles. The molecule has 1 fully saturated rings. The number of rotatable bonds is 1. The third-order valence-corrected chi connectivity index (χ3v) is 4.35. The Morgan fingerprint density at radius 2 is 1.70 bits per heavy atom. The maximum absolute atomic E-state index is 11.3. The van der Waals surface area contributed by atoms with E-state index in [4.69, 9.17) is 4.74 Å². The largest absolute Gasteiger partial charge is 0.359 e. The first-order valence-electron chi connectivity index (χ1n) is 6.54. The second kappa shape index (κ2) is 3.16. The first-order chi connectivity index (χ1) is 9.75. The van der Waals surface area contributed by atoms with Gasteiger partial charge in [-0.1, -0.05) is 30.3 Å². The number of non-ortho nitro benzene ring substituents is 1. The van der Waals surface area contributed by atoms with Crippen molar-refractivity contribution in [2.45, 2.75) is 12.2 Å². The molecule has 0 aromatic heterocycles. The summed E-state index contributed by atoms with van der Waals surface area (Å²) in [7, 11) is 0. The molecule has 2 atom stereocenters. The van der Waals surface area contributed by atoms with Crippen molar-refractivity contribution in [2.75, 3.05) is 0 Å². The molecular formula is C16H9NO3. The standard InChI is InChI=1S/C16H9NO3/c18-17(19)12-7-8-3-1-5-10-13(8)14-9(12)4-2-6-11(14)16-15(10)20-16/h1-7,15-16H. The van der Waals surface area contributed by atoms with Crippen LogP contribution in [0.25, 0.3) is 21.5 Å². The molecule has 0 N–H and O–H groups in total. The summed E-state index contributed by atoms with van der Waals surface area (Å²) in [6.45, 7) is 0. The van der Waals surface area contributed by atoms with Gasteiger partial charge in [0.05, 0.1) is 10.3 Å². The quantitative estimate of drug-likeness (QED) is 0.288. The van der Waals surface area contributed by atoms with E-state index in [1.54, 1.807) is 6.07 Å². The normalized spacial score (nSPS) is 22.2. The Hall–Kier alpha value is -2.46. The monoisotopic (exact) mass is 263 g/mol. The SMILES string of the molecule is O=[N+]([O-])c1cc2cccc3c2c2c(cccc12)C1OC31. The zero-order chi connectivity index (χ0) is 13.4. The van der Waals surface area contributed by atoms with E-state index in [2.05, 4.69) is 6.07 Å². The number of nitrogens with zero attached hydrogens (tertiary/aromatic N) is 1. The maximum atomic E-state index is 11.3. The summed E-state index contributed by atoms with van der Waals surface area (Å²) in [5.74, 6) is 0. The first-order valence-corrected chi connectivity index (χ1v) is 6.54. The van der Waals surface area contributed by atoms with Gasteiger partial charge in [-0.05, 0) is 28.0 Å². The van der Waals surface area contributed by atoms with E-state index in [1.165, 1.54) is 0 Å². The van der Waals surface area contributed by atoms with E-state index >= 15 is 0 Å². The number of epoxide rings is 1. The molecule has 0 radical (unpaired) electrons. The molecule has 1 aliphatic heterocycles. The number of nitro benzene ring substituents is 1. The lowest BCUT2D eigenvalue weighted by molar-refractivity contribution is -0.382. The lowest BCUT2D eigenvalue weighted by Gasteiger charge is -2.15. The van der Waals surface area contributed by atoms with Crippen molar-refractivity contribution in [3.05, 3.63) is 63.7 Å². The number of hydrogen-bond acceptors (Lipinski definition) is 3. The molecule has 96 valence electrons. The third-order valence-electron chi connectivity index (χ3n) is 4.35. The molecule has 2 unspecified atom stereocenters. The molecule has 3 aromatic carbocycles. The molecule has 4 nitrogen and oxygen atoms in total. The molecule has 2 aliphatic rings. The van der Waals surface area contributed by atoms with Crippen molar-refractivity contribution in [3.8, 4) is 0 Å². The molecule has 0 spiro atoms. The first kappa shape index (κ1) is 10.3. The molecule has 3 aromatic rings. The number of fused-ring (bicyclic) bond motifs is 3. The topological polar surface area (TPSA) is 55.7 Å². The van der Waals surface area contributed by atoms with Gasteiger partial charge < -0.3 is 4.74 Å². The summed E-state index contributed by atoms with van der Waals surface area (Å²) in [4.78, 5) is 11.0. The Bertz CT molecular complexity index is 932. The van der Waals surface area contributed by atoms with E-state index in [0.717, 1.165) is 27.3 Å². The predicted octanol–water partition coefficient (Wildman–Crippen LogP) is 4.03. The van der Waals surface area contributed by atoms with Gasteiger partial charge in [0.1, 0.15) is 12.2 Å². The van der Waals surface area contributed by atoms with Crippen molar-refractivity contribution in [3.63, 3.8) is 0 Å². The van der Waals surface area contributed by atoms with E-state index in [-0.39, 0.29) is 22.8 Å². The van der Waals surface area contributed by atoms with Crippen molar-refractivity contribution in [1.29, 1.82) is 0 Å². The second-order valence-corrected chi connectivity index (χ2v) is 5.35. The van der Waals surface area contributed by atoms with Gasteiger partial charge in [-0.2, -0.15) is 0 Å². The van der Waals surface area contributed by atoms with Crippen molar-refractivity contribution < 1.29 is 9.66 Å². The zero-order valence-electron chi connectivity index (χ0n) is 10.4. The van der Waals surface area contributed by atoms with Crippen LogP contribution in [-0.2, 0) is 4.74 Å². The van der Waals surface area contributed by atoms with Crippen LogP contribution in [0.5, 0.6) is 0 Å². The summed E-state index contributed by atoms with van der Waals surface area (Å²) >= 11 is 0. The van der Waals surface area contributed by atoms with E-state index in [1.807, 2.05) is 30.3 Å². The molecule has 0 amide bonds. The summed E-state index contributed by atoms with van der Waals surface area (Å²) in [5, 5.41) is 15.1. The van der Waals surface area contributed by atoms with Crippen LogP contribution in [-0.4, -0.2) is 4.92 Å². The van der Waals surface area contributed by atoms with Gasteiger partial charge >= 0.3 is 0 Å². The highest BCUT2D eigenvalue weighted by atomic mass is 16.6. The minimum atomic E-state index is -0.301. The molecule has 20 heavy (non-hydrogen) atoms. The van der Waals surface area contributed by atoms with Gasteiger partial charge in [0, 0.05) is 11.5 Å². The van der Waals surface area contributed by atoms with E-state index in [9.17, 15) is 10.1 Å². The van der Waals surface area contributed by atoms with Gasteiger partial charge in [0.25, 0.3) is 5.69 Å². The van der Waals surface area contributed by atoms with E-state index in [0.29, 0.717) is 5.39 Å². The van der Waals surface area contributed by atoms with Gasteiger partial charge in [-0.25, -0.2) is 0 Å². The van der Waals surface area contributed by atoms with Crippen molar-refractivity contribution >= 4 is 27.2 Å². The van der Waals surface area contributed by atoms with Gasteiger partial charge in [0.15, 0.2) is 0 Å². The van der Waals surface area contributed by atoms with Gasteiger partial charge in [-0.15, -0.1) is 0 Å². The Morgan fingerprint density at radius 3 is 2.45 bits per heavy atom. The van der Waals surface area contributed by atoms with Crippen molar-refractivity contribution in [2.24, 2.45) is 0 Å². The Labute approximate surface area is 113 Å². The fraction of sp³-hybridized carbons (Fsp3) is 0.125. The fourth-order valence-electron chi connectivity index (χ4n) is 3.50. The average Bonchev–Trinajstić information content (AvgIpc) is 3.25. The van der Waals surface area contributed by atoms with Crippen LogP contribution in [0.4, 0.5) is 5.69 Å². The smallest absolute Gasteiger partial charge is 0.277 e.